The summed E-state index contributed by atoms with van der Waals surface area (Å²) >= 11 is 0. The number of hydrogen-bond donors (Lipinski definition) is 2. The van der Waals surface area contributed by atoms with Crippen molar-refractivity contribution in [3.8, 4) is 0 Å². The van der Waals surface area contributed by atoms with Gasteiger partial charge in [-0.1, -0.05) is 12.2 Å². The van der Waals surface area contributed by atoms with Crippen LogP contribution in [0, 0.1) is 0 Å². The Kier molecular flexibility index (Phi) is 1.70. The first-order chi connectivity index (χ1) is 5.09. The summed E-state index contributed by atoms with van der Waals surface area (Å²) in [5, 5.41) is 18.4. The van der Waals surface area contributed by atoms with Crippen molar-refractivity contribution in [3.63, 3.8) is 0 Å². The molecule has 1 rings (SSSR count). The molecule has 0 amide bonds. The highest BCUT2D eigenvalue weighted by molar-refractivity contribution is 5.20. The predicted octanol–water partition coefficient (Wildman–Crippen LogP) is -0.192. The first kappa shape index (κ1) is 5.95. The Hall–Kier alpha value is -0.800. The molecule has 0 radical (unpaired) electrons. The van der Waals surface area contributed by atoms with Gasteiger partial charge in [-0.2, -0.15) is 0 Å². The van der Waals surface area contributed by atoms with Crippen LogP contribution in [-0.2, 0) is 4.74 Å². The molecule has 3 nitrogen and oxygen atoms in total. The molecular weight excluding hydrogens is 132 g/mol. The Labute approximate surface area is 60.7 Å². The molecule has 0 aromatic rings. The molecule has 0 saturated heterocycles. The van der Waals surface area contributed by atoms with Crippen LogP contribution >= 0.6 is 0 Å². The van der Waals surface area contributed by atoms with Gasteiger partial charge in [0.15, 0.2) is 0 Å². The average Bonchev–Trinajstić information content (AvgIpc) is 1.95. The highest BCUT2D eigenvalue weighted by Crippen LogP contribution is 2.13. The van der Waals surface area contributed by atoms with Gasteiger partial charge in [-0.3, -0.25) is 0 Å². The maximum Gasteiger partial charge on any atom is 0.140 e. The number of ether oxygens (including phenoxy) is 1. The molecule has 10 heavy (non-hydrogen) atoms. The average molecular weight is 143 g/mol. The molecule has 0 aromatic carbocycles. The summed E-state index contributed by atoms with van der Waals surface area (Å²) in [6.07, 6.45) is 1.05. The molecule has 0 unspecified atom stereocenters. The second-order valence-corrected chi connectivity index (χ2v) is 1.95. The van der Waals surface area contributed by atoms with E-state index in [1.54, 1.807) is 0 Å². The lowest BCUT2D eigenvalue weighted by atomic mass is 10.1. The summed E-state index contributed by atoms with van der Waals surface area (Å²) in [7, 11) is 1.34. The van der Waals surface area contributed by atoms with Crippen molar-refractivity contribution in [2.75, 3.05) is 7.11 Å². The topological polar surface area (TPSA) is 49.7 Å². The van der Waals surface area contributed by atoms with Crippen molar-refractivity contribution in [3.05, 3.63) is 24.0 Å². The molecule has 0 aromatic heterocycles. The highest BCUT2D eigenvalue weighted by atomic mass is 16.5. The molecule has 2 N–H and O–H groups in total. The van der Waals surface area contributed by atoms with Crippen LogP contribution in [0.25, 0.3) is 0 Å². The van der Waals surface area contributed by atoms with Gasteiger partial charge >= 0.3 is 0 Å². The molecule has 0 saturated carbocycles. The fourth-order valence-electron chi connectivity index (χ4n) is 0.743. The lowest BCUT2D eigenvalue weighted by Crippen LogP contribution is -2.28. The number of hydrogen-bond acceptors (Lipinski definition) is 3. The summed E-state index contributed by atoms with van der Waals surface area (Å²) in [6.45, 7) is 0. The van der Waals surface area contributed by atoms with E-state index in [0.717, 1.165) is 0 Å². The summed E-state index contributed by atoms with van der Waals surface area (Å²) in [6, 6.07) is 0. The summed E-state index contributed by atoms with van der Waals surface area (Å²) in [4.78, 5) is 0. The minimum Gasteiger partial charge on any atom is -0.498 e. The van der Waals surface area contributed by atoms with E-state index in [2.05, 4.69) is 4.74 Å². The fourth-order valence-corrected chi connectivity index (χ4v) is 0.743. The van der Waals surface area contributed by atoms with Crippen LogP contribution in [0.1, 0.15) is 1.37 Å². The van der Waals surface area contributed by atoms with Crippen molar-refractivity contribution in [2.24, 2.45) is 0 Å². The quantitative estimate of drug-likeness (QED) is 0.535. The van der Waals surface area contributed by atoms with Crippen LogP contribution in [0.15, 0.2) is 24.0 Å². The van der Waals surface area contributed by atoms with Crippen LogP contribution in [0.2, 0.25) is 0 Å². The molecule has 1 aliphatic carbocycles. The second kappa shape index (κ2) is 2.86. The van der Waals surface area contributed by atoms with E-state index >= 15 is 0 Å². The Bertz CT molecular complexity index is 208. The molecule has 0 bridgehead atoms. The van der Waals surface area contributed by atoms with Gasteiger partial charge < -0.3 is 14.9 Å². The Morgan fingerprint density at radius 1 is 1.70 bits per heavy atom. The molecule has 0 spiro atoms. The number of aliphatic hydroxyl groups excluding tert-OH is 1. The standard InChI is InChI=1S/C7H10O3/c1-10-6-4-2-3-5(8)7(6)9/h2-5,7-9H,1H3/t5-,7-/m1/s1/i7D. The third kappa shape index (κ3) is 1.20. The molecule has 0 heterocycles. The molecule has 3 heteroatoms. The predicted molar refractivity (Wildman–Crippen MR) is 36.2 cm³/mol. The van der Waals surface area contributed by atoms with Gasteiger partial charge in [-0.25, -0.2) is 0 Å². The van der Waals surface area contributed by atoms with E-state index < -0.39 is 12.2 Å². The monoisotopic (exact) mass is 143 g/mol. The molecule has 0 aliphatic heterocycles. The third-order valence-corrected chi connectivity index (χ3v) is 1.29. The van der Waals surface area contributed by atoms with Crippen LogP contribution in [0.3, 0.4) is 0 Å². The minimum absolute atomic E-state index is 0.0486. The van der Waals surface area contributed by atoms with E-state index in [-0.39, 0.29) is 5.76 Å². The third-order valence-electron chi connectivity index (χ3n) is 1.29. The lowest BCUT2D eigenvalue weighted by Gasteiger charge is -2.19. The summed E-state index contributed by atoms with van der Waals surface area (Å²) in [5.74, 6) is 0.0486. The lowest BCUT2D eigenvalue weighted by molar-refractivity contribution is 0.0337. The Morgan fingerprint density at radius 3 is 2.90 bits per heavy atom. The van der Waals surface area contributed by atoms with E-state index in [0.29, 0.717) is 0 Å². The number of methoxy groups -OCH3 is 1. The largest absolute Gasteiger partial charge is 0.498 e. The molecule has 0 fully saturated rings. The first-order valence-electron chi connectivity index (χ1n) is 3.42. The van der Waals surface area contributed by atoms with Gasteiger partial charge in [0.1, 0.15) is 17.9 Å². The molecule has 2 atom stereocenters. The zero-order valence-corrected chi connectivity index (χ0v) is 5.61. The number of rotatable bonds is 1. The normalized spacial score (nSPS) is 40.5. The van der Waals surface area contributed by atoms with E-state index in [1.165, 1.54) is 25.3 Å². The Balaban J connectivity index is 2.92. The van der Waals surface area contributed by atoms with Crippen LogP contribution in [0.4, 0.5) is 0 Å². The van der Waals surface area contributed by atoms with Gasteiger partial charge in [-0.05, 0) is 6.08 Å². The smallest absolute Gasteiger partial charge is 0.140 e. The van der Waals surface area contributed by atoms with Crippen molar-refractivity contribution in [1.82, 2.24) is 0 Å². The van der Waals surface area contributed by atoms with E-state index in [1.807, 2.05) is 0 Å². The second-order valence-electron chi connectivity index (χ2n) is 1.95. The molecule has 56 valence electrons. The first-order valence-corrected chi connectivity index (χ1v) is 2.92. The molecular formula is C7H10O3. The Morgan fingerprint density at radius 2 is 2.40 bits per heavy atom. The van der Waals surface area contributed by atoms with Gasteiger partial charge in [0, 0.05) is 0 Å². The van der Waals surface area contributed by atoms with Crippen molar-refractivity contribution >= 4 is 0 Å². The number of aliphatic hydroxyl groups is 2. The van der Waals surface area contributed by atoms with Gasteiger partial charge in [0.05, 0.1) is 8.48 Å². The van der Waals surface area contributed by atoms with Crippen molar-refractivity contribution in [1.29, 1.82) is 0 Å². The number of allylic oxidation sites excluding steroid dienone is 2. The van der Waals surface area contributed by atoms with Gasteiger partial charge in [0.2, 0.25) is 0 Å². The van der Waals surface area contributed by atoms with E-state index in [9.17, 15) is 5.11 Å². The fraction of sp³-hybridized carbons (Fsp3) is 0.429. The maximum atomic E-state index is 9.27. The van der Waals surface area contributed by atoms with Crippen molar-refractivity contribution < 1.29 is 16.3 Å². The summed E-state index contributed by atoms with van der Waals surface area (Å²) < 4.78 is 11.9. The SMILES string of the molecule is [2H][C@]1(O)C(OC)=CC=C[C@H]1O. The molecule has 1 aliphatic rings. The van der Waals surface area contributed by atoms with E-state index in [4.69, 9.17) is 6.48 Å². The minimum atomic E-state index is -2.04. The highest BCUT2D eigenvalue weighted by Gasteiger charge is 2.20. The summed E-state index contributed by atoms with van der Waals surface area (Å²) in [5.41, 5.74) is 0. The van der Waals surface area contributed by atoms with Crippen LogP contribution in [0.5, 0.6) is 0 Å². The van der Waals surface area contributed by atoms with Crippen LogP contribution < -0.4 is 0 Å². The van der Waals surface area contributed by atoms with Crippen LogP contribution in [-0.4, -0.2) is 29.5 Å². The zero-order chi connectivity index (χ0) is 8.48. The van der Waals surface area contributed by atoms with Gasteiger partial charge in [0.25, 0.3) is 0 Å². The van der Waals surface area contributed by atoms with Gasteiger partial charge in [-0.15, -0.1) is 0 Å². The van der Waals surface area contributed by atoms with Crippen molar-refractivity contribution in [2.45, 2.75) is 12.2 Å². The zero-order valence-electron chi connectivity index (χ0n) is 6.61. The maximum absolute atomic E-state index is 9.27.